The molecule has 0 aliphatic carbocycles. The summed E-state index contributed by atoms with van der Waals surface area (Å²) in [5, 5.41) is 0. The van der Waals surface area contributed by atoms with Crippen molar-refractivity contribution < 1.29 is 12.8 Å². The predicted octanol–water partition coefficient (Wildman–Crippen LogP) is 1.74. The van der Waals surface area contributed by atoms with Crippen LogP contribution < -0.4 is 4.72 Å². The van der Waals surface area contributed by atoms with Crippen LogP contribution in [0.5, 0.6) is 0 Å². The first-order valence-corrected chi connectivity index (χ1v) is 10.6. The van der Waals surface area contributed by atoms with Crippen LogP contribution in [0.25, 0.3) is 0 Å². The molecule has 0 amide bonds. The summed E-state index contributed by atoms with van der Waals surface area (Å²) >= 11 is 0. The molecule has 27 heavy (non-hydrogen) atoms. The Kier molecular flexibility index (Phi) is 6.00. The van der Waals surface area contributed by atoms with E-state index in [2.05, 4.69) is 21.6 Å². The molecule has 1 aliphatic rings. The van der Waals surface area contributed by atoms with Gasteiger partial charge in [0.2, 0.25) is 10.0 Å². The van der Waals surface area contributed by atoms with E-state index in [1.54, 1.807) is 6.92 Å². The average molecular weight is 395 g/mol. The van der Waals surface area contributed by atoms with Crippen molar-refractivity contribution >= 4 is 10.0 Å². The van der Waals surface area contributed by atoms with Gasteiger partial charge < -0.3 is 9.47 Å². The zero-order valence-electron chi connectivity index (χ0n) is 16.0. The number of likely N-dealkylation sites (N-methyl/N-ethyl adjacent to an activating group) is 1. The number of benzene rings is 1. The molecule has 1 N–H and O–H groups in total. The number of hydrogen-bond acceptors (Lipinski definition) is 4. The molecule has 0 saturated carbocycles. The van der Waals surface area contributed by atoms with Gasteiger partial charge in [-0.25, -0.2) is 17.5 Å². The van der Waals surface area contributed by atoms with Gasteiger partial charge in [0.1, 0.15) is 5.82 Å². The maximum atomic E-state index is 13.5. The minimum absolute atomic E-state index is 0.0602. The largest absolute Gasteiger partial charge is 0.353 e. The fourth-order valence-electron chi connectivity index (χ4n) is 3.43. The molecule has 8 heteroatoms. The van der Waals surface area contributed by atoms with Crippen molar-refractivity contribution in [3.63, 3.8) is 0 Å². The summed E-state index contributed by atoms with van der Waals surface area (Å²) in [4.78, 5) is 4.67. The summed E-state index contributed by atoms with van der Waals surface area (Å²) < 4.78 is 43.7. The van der Waals surface area contributed by atoms with E-state index in [1.165, 1.54) is 18.2 Å². The topological polar surface area (TPSA) is 57.6 Å². The Bertz CT molecular complexity index is 889. The minimum Gasteiger partial charge on any atom is -0.353 e. The molecule has 1 aromatic heterocycles. The summed E-state index contributed by atoms with van der Waals surface area (Å²) in [5.41, 5.74) is 1.38. The Morgan fingerprint density at radius 1 is 1.15 bits per heavy atom. The Hall–Kier alpha value is -1.74. The minimum atomic E-state index is -3.71. The van der Waals surface area contributed by atoms with E-state index in [1.807, 2.05) is 29.9 Å². The number of hydrogen-bond donors (Lipinski definition) is 1. The van der Waals surface area contributed by atoms with Gasteiger partial charge in [-0.2, -0.15) is 0 Å². The zero-order valence-corrected chi connectivity index (χ0v) is 16.8. The van der Waals surface area contributed by atoms with Gasteiger partial charge in [-0.3, -0.25) is 4.90 Å². The van der Waals surface area contributed by atoms with Crippen molar-refractivity contribution in [3.8, 4) is 0 Å². The molecule has 1 atom stereocenters. The highest BCUT2D eigenvalue weighted by Crippen LogP contribution is 2.23. The van der Waals surface area contributed by atoms with E-state index in [9.17, 15) is 12.8 Å². The number of halogens is 1. The van der Waals surface area contributed by atoms with Crippen molar-refractivity contribution in [1.29, 1.82) is 0 Å². The number of aryl methyl sites for hydroxylation is 2. The second-order valence-corrected chi connectivity index (χ2v) is 8.93. The van der Waals surface area contributed by atoms with Crippen LogP contribution >= 0.6 is 0 Å². The van der Waals surface area contributed by atoms with Gasteiger partial charge in [0.05, 0.1) is 10.9 Å². The Labute approximate surface area is 160 Å². The molecule has 148 valence electrons. The highest BCUT2D eigenvalue weighted by atomic mass is 32.2. The Morgan fingerprint density at radius 3 is 2.44 bits per heavy atom. The standard InChI is InChI=1S/C19H27FN4O2S/c1-15-13-16(6-7-17(15)20)27(25,26)21-14-19(18-5-4-8-23(18)3)24-11-9-22(2)10-12-24/h4-8,13,19,21H,9-12,14H2,1-3H3. The van der Waals surface area contributed by atoms with Crippen LogP contribution in [0, 0.1) is 12.7 Å². The van der Waals surface area contributed by atoms with Crippen molar-refractivity contribution in [1.82, 2.24) is 19.1 Å². The first-order valence-electron chi connectivity index (χ1n) is 9.07. The lowest BCUT2D eigenvalue weighted by atomic mass is 10.1. The maximum Gasteiger partial charge on any atom is 0.240 e. The molecule has 1 fully saturated rings. The molecule has 0 radical (unpaired) electrons. The predicted molar refractivity (Wildman–Crippen MR) is 104 cm³/mol. The van der Waals surface area contributed by atoms with Gasteiger partial charge in [0.25, 0.3) is 0 Å². The first-order chi connectivity index (χ1) is 12.8. The summed E-state index contributed by atoms with van der Waals surface area (Å²) in [7, 11) is 0.349. The van der Waals surface area contributed by atoms with Gasteiger partial charge in [-0.05, 0) is 49.9 Å². The van der Waals surface area contributed by atoms with Crippen molar-refractivity contribution in [2.24, 2.45) is 7.05 Å². The second kappa shape index (κ2) is 8.10. The third kappa shape index (κ3) is 4.57. The van der Waals surface area contributed by atoms with Crippen LogP contribution in [0.4, 0.5) is 4.39 Å². The number of nitrogens with zero attached hydrogens (tertiary/aromatic N) is 3. The molecule has 6 nitrogen and oxygen atoms in total. The summed E-state index contributed by atoms with van der Waals surface area (Å²) in [6.07, 6.45) is 1.97. The van der Waals surface area contributed by atoms with Gasteiger partial charge >= 0.3 is 0 Å². The van der Waals surface area contributed by atoms with Crippen molar-refractivity contribution in [2.75, 3.05) is 39.8 Å². The van der Waals surface area contributed by atoms with Gasteiger partial charge in [0.15, 0.2) is 0 Å². The molecule has 2 aromatic rings. The lowest BCUT2D eigenvalue weighted by Gasteiger charge is -2.38. The average Bonchev–Trinajstić information content (AvgIpc) is 3.05. The van der Waals surface area contributed by atoms with E-state index < -0.39 is 15.8 Å². The molecule has 1 aliphatic heterocycles. The van der Waals surface area contributed by atoms with Crippen molar-refractivity contribution in [2.45, 2.75) is 17.9 Å². The molecular weight excluding hydrogens is 367 g/mol. The number of piperazine rings is 1. The lowest BCUT2D eigenvalue weighted by Crippen LogP contribution is -2.48. The molecule has 2 heterocycles. The summed E-state index contributed by atoms with van der Waals surface area (Å²) in [6, 6.07) is 7.80. The fraction of sp³-hybridized carbons (Fsp3) is 0.474. The molecule has 0 spiro atoms. The smallest absolute Gasteiger partial charge is 0.240 e. The quantitative estimate of drug-likeness (QED) is 0.811. The highest BCUT2D eigenvalue weighted by Gasteiger charge is 2.27. The van der Waals surface area contributed by atoms with Crippen molar-refractivity contribution in [3.05, 3.63) is 53.6 Å². The number of sulfonamides is 1. The normalized spacial score (nSPS) is 17.9. The van der Waals surface area contributed by atoms with Gasteiger partial charge in [-0.15, -0.1) is 0 Å². The third-order valence-corrected chi connectivity index (χ3v) is 6.63. The Morgan fingerprint density at radius 2 is 1.85 bits per heavy atom. The van der Waals surface area contributed by atoms with Crippen LogP contribution in [0.1, 0.15) is 17.3 Å². The summed E-state index contributed by atoms with van der Waals surface area (Å²) in [5.74, 6) is -0.409. The van der Waals surface area contributed by atoms with Gasteiger partial charge in [-0.1, -0.05) is 0 Å². The molecular formula is C19H27FN4O2S. The van der Waals surface area contributed by atoms with Crippen LogP contribution in [0.3, 0.4) is 0 Å². The maximum absolute atomic E-state index is 13.5. The molecule has 1 unspecified atom stereocenters. The van der Waals surface area contributed by atoms with E-state index in [0.29, 0.717) is 5.56 Å². The number of aromatic nitrogens is 1. The molecule has 1 aromatic carbocycles. The highest BCUT2D eigenvalue weighted by molar-refractivity contribution is 7.89. The van der Waals surface area contributed by atoms with Crippen LogP contribution in [0.15, 0.2) is 41.4 Å². The zero-order chi connectivity index (χ0) is 19.6. The first kappa shape index (κ1) is 20.0. The van der Waals surface area contributed by atoms with E-state index >= 15 is 0 Å². The van der Waals surface area contributed by atoms with E-state index in [-0.39, 0.29) is 17.5 Å². The third-order valence-electron chi connectivity index (χ3n) is 5.21. The van der Waals surface area contributed by atoms with Crippen LogP contribution in [-0.4, -0.2) is 62.6 Å². The molecule has 1 saturated heterocycles. The fourth-order valence-corrected chi connectivity index (χ4v) is 4.55. The summed E-state index contributed by atoms with van der Waals surface area (Å²) in [6.45, 7) is 5.48. The second-order valence-electron chi connectivity index (χ2n) is 7.16. The Balaban J connectivity index is 1.79. The van der Waals surface area contributed by atoms with Gasteiger partial charge in [0, 0.05) is 51.7 Å². The molecule has 3 rings (SSSR count). The monoisotopic (exact) mass is 394 g/mol. The number of rotatable bonds is 6. The van der Waals surface area contributed by atoms with E-state index in [4.69, 9.17) is 0 Å². The number of nitrogens with one attached hydrogen (secondary N) is 1. The van der Waals surface area contributed by atoms with Crippen LogP contribution in [-0.2, 0) is 17.1 Å². The van der Waals surface area contributed by atoms with Crippen LogP contribution in [0.2, 0.25) is 0 Å². The molecule has 0 bridgehead atoms. The lowest BCUT2D eigenvalue weighted by molar-refractivity contribution is 0.109. The SMILES string of the molecule is Cc1cc(S(=O)(=O)NCC(c2cccn2C)N2CCN(C)CC2)ccc1F. The van der Waals surface area contributed by atoms with E-state index in [0.717, 1.165) is 31.9 Å².